The molecule has 0 bridgehead atoms. The molecule has 2 unspecified atom stereocenters. The van der Waals surface area contributed by atoms with Crippen molar-refractivity contribution in [2.24, 2.45) is 10.9 Å². The highest BCUT2D eigenvalue weighted by Gasteiger charge is 2.25. The third kappa shape index (κ3) is 5.81. The number of likely N-dealkylation sites (N-methyl/N-ethyl adjacent to an activating group) is 1. The number of piperazine rings is 1. The minimum absolute atomic E-state index is 0.521. The van der Waals surface area contributed by atoms with Crippen LogP contribution in [-0.4, -0.2) is 97.1 Å². The van der Waals surface area contributed by atoms with Gasteiger partial charge < -0.3 is 15.1 Å². The summed E-state index contributed by atoms with van der Waals surface area (Å²) < 4.78 is 0. The van der Waals surface area contributed by atoms with E-state index in [1.165, 1.54) is 31.9 Å². The van der Waals surface area contributed by atoms with Crippen molar-refractivity contribution in [1.82, 2.24) is 20.0 Å². The van der Waals surface area contributed by atoms with E-state index in [9.17, 15) is 0 Å². The van der Waals surface area contributed by atoms with Crippen molar-refractivity contribution < 1.29 is 0 Å². The van der Waals surface area contributed by atoms with Crippen molar-refractivity contribution in [3.63, 3.8) is 0 Å². The number of guanidine groups is 1. The topological polar surface area (TPSA) is 34.1 Å². The number of thioether (sulfide) groups is 1. The van der Waals surface area contributed by atoms with Crippen LogP contribution in [0.4, 0.5) is 0 Å². The molecule has 2 aliphatic rings. The van der Waals surface area contributed by atoms with Gasteiger partial charge in [-0.3, -0.25) is 9.89 Å². The molecule has 0 saturated carbocycles. The predicted molar refractivity (Wildman–Crippen MR) is 107 cm³/mol. The first-order chi connectivity index (χ1) is 11.5. The molecule has 6 heteroatoms. The summed E-state index contributed by atoms with van der Waals surface area (Å²) in [6, 6.07) is 0.521. The highest BCUT2D eigenvalue weighted by Crippen LogP contribution is 2.24. The Hall–Kier alpha value is -0.460. The highest BCUT2D eigenvalue weighted by atomic mass is 32.2. The highest BCUT2D eigenvalue weighted by molar-refractivity contribution is 8.00. The maximum atomic E-state index is 4.99. The van der Waals surface area contributed by atoms with Crippen molar-refractivity contribution in [2.75, 3.05) is 65.2 Å². The molecule has 0 radical (unpaired) electrons. The normalized spacial score (nSPS) is 26.0. The Bertz CT molecular complexity index is 393. The van der Waals surface area contributed by atoms with Gasteiger partial charge in [-0.05, 0) is 26.8 Å². The quantitative estimate of drug-likeness (QED) is 0.599. The van der Waals surface area contributed by atoms with Crippen molar-refractivity contribution in [3.05, 3.63) is 0 Å². The largest absolute Gasteiger partial charge is 0.357 e. The molecule has 0 aliphatic carbocycles. The number of hydrogen-bond acceptors (Lipinski definition) is 4. The van der Waals surface area contributed by atoms with E-state index in [-0.39, 0.29) is 0 Å². The lowest BCUT2D eigenvalue weighted by Crippen LogP contribution is -2.51. The summed E-state index contributed by atoms with van der Waals surface area (Å²) in [4.78, 5) is 12.5. The molecule has 2 atom stereocenters. The second-order valence-corrected chi connectivity index (χ2v) is 8.83. The lowest BCUT2D eigenvalue weighted by atomic mass is 10.1. The monoisotopic (exact) mass is 355 g/mol. The molecule has 2 heterocycles. The van der Waals surface area contributed by atoms with Crippen molar-refractivity contribution in [3.8, 4) is 0 Å². The van der Waals surface area contributed by atoms with Crippen LogP contribution in [0, 0.1) is 5.92 Å². The fourth-order valence-corrected chi connectivity index (χ4v) is 4.59. The zero-order valence-corrected chi connectivity index (χ0v) is 17.1. The van der Waals surface area contributed by atoms with Gasteiger partial charge in [0.05, 0.1) is 6.54 Å². The Labute approximate surface area is 153 Å². The number of rotatable bonds is 5. The van der Waals surface area contributed by atoms with Gasteiger partial charge in [0.1, 0.15) is 0 Å². The van der Waals surface area contributed by atoms with Gasteiger partial charge in [-0.25, -0.2) is 0 Å². The molecule has 0 aromatic carbocycles. The molecule has 0 aromatic rings. The first kappa shape index (κ1) is 19.9. The molecule has 1 N–H and O–H groups in total. The fourth-order valence-electron chi connectivity index (χ4n) is 3.29. The molecule has 2 aliphatic heterocycles. The molecule has 5 nitrogen and oxygen atoms in total. The Morgan fingerprint density at radius 1 is 1.17 bits per heavy atom. The summed E-state index contributed by atoms with van der Waals surface area (Å²) in [5.41, 5.74) is 0. The van der Waals surface area contributed by atoms with Gasteiger partial charge in [0.25, 0.3) is 0 Å². The van der Waals surface area contributed by atoms with Gasteiger partial charge in [0, 0.05) is 62.9 Å². The van der Waals surface area contributed by atoms with Crippen LogP contribution in [0.5, 0.6) is 0 Å². The summed E-state index contributed by atoms with van der Waals surface area (Å²) in [5.74, 6) is 3.05. The maximum Gasteiger partial charge on any atom is 0.194 e. The van der Waals surface area contributed by atoms with Crippen LogP contribution in [-0.2, 0) is 0 Å². The molecule has 140 valence electrons. The van der Waals surface area contributed by atoms with E-state index in [0.717, 1.165) is 43.3 Å². The summed E-state index contributed by atoms with van der Waals surface area (Å²) >= 11 is 2.12. The maximum absolute atomic E-state index is 4.99. The zero-order valence-electron chi connectivity index (χ0n) is 16.3. The molecule has 2 saturated heterocycles. The molecular formula is C18H37N5S. The predicted octanol–water partition coefficient (Wildman–Crippen LogP) is 1.66. The van der Waals surface area contributed by atoms with Crippen LogP contribution in [0.15, 0.2) is 4.99 Å². The number of nitrogens with zero attached hydrogens (tertiary/aromatic N) is 4. The van der Waals surface area contributed by atoms with Gasteiger partial charge in [0.15, 0.2) is 5.96 Å². The summed E-state index contributed by atoms with van der Waals surface area (Å²) in [6.45, 7) is 17.9. The lowest BCUT2D eigenvalue weighted by molar-refractivity contribution is 0.122. The standard InChI is InChI=1S/C18H37N5S/c1-6-19-18(23-11-12-24-17(14-23)15(2)3)20-13-16(4)22-9-7-21(5)8-10-22/h15-17H,6-14H2,1-5H3,(H,19,20). The van der Waals surface area contributed by atoms with Gasteiger partial charge >= 0.3 is 0 Å². The number of aliphatic imine (C=N–C) groups is 1. The van der Waals surface area contributed by atoms with Crippen LogP contribution in [0.3, 0.4) is 0 Å². The Morgan fingerprint density at radius 3 is 2.50 bits per heavy atom. The van der Waals surface area contributed by atoms with E-state index in [4.69, 9.17) is 4.99 Å². The van der Waals surface area contributed by atoms with Gasteiger partial charge in [-0.1, -0.05) is 13.8 Å². The SMILES string of the molecule is CCNC(=NCC(C)N1CCN(C)CC1)N1CCSC(C(C)C)C1. The average molecular weight is 356 g/mol. The van der Waals surface area contributed by atoms with Crippen LogP contribution >= 0.6 is 11.8 Å². The minimum atomic E-state index is 0.521. The van der Waals surface area contributed by atoms with Gasteiger partial charge in [0.2, 0.25) is 0 Å². The summed E-state index contributed by atoms with van der Waals surface area (Å²) in [5, 5.41) is 4.24. The molecule has 0 amide bonds. The number of nitrogens with one attached hydrogen (secondary N) is 1. The van der Waals surface area contributed by atoms with Gasteiger partial charge in [-0.15, -0.1) is 0 Å². The van der Waals surface area contributed by atoms with Crippen LogP contribution in [0.1, 0.15) is 27.7 Å². The molecular weight excluding hydrogens is 318 g/mol. The lowest BCUT2D eigenvalue weighted by Gasteiger charge is -2.37. The van der Waals surface area contributed by atoms with E-state index in [1.807, 2.05) is 0 Å². The van der Waals surface area contributed by atoms with E-state index < -0.39 is 0 Å². The van der Waals surface area contributed by atoms with E-state index in [1.54, 1.807) is 0 Å². The second kappa shape index (κ2) is 9.88. The van der Waals surface area contributed by atoms with E-state index in [0.29, 0.717) is 6.04 Å². The van der Waals surface area contributed by atoms with Crippen LogP contribution in [0.2, 0.25) is 0 Å². The smallest absolute Gasteiger partial charge is 0.194 e. The fraction of sp³-hybridized carbons (Fsp3) is 0.944. The Morgan fingerprint density at radius 2 is 1.88 bits per heavy atom. The van der Waals surface area contributed by atoms with Gasteiger partial charge in [-0.2, -0.15) is 11.8 Å². The first-order valence-corrected chi connectivity index (χ1v) is 10.6. The third-order valence-electron chi connectivity index (χ3n) is 5.14. The molecule has 24 heavy (non-hydrogen) atoms. The Kier molecular flexibility index (Phi) is 8.17. The van der Waals surface area contributed by atoms with Crippen molar-refractivity contribution in [2.45, 2.75) is 39.0 Å². The van der Waals surface area contributed by atoms with E-state index in [2.05, 4.69) is 66.5 Å². The molecule has 0 spiro atoms. The molecule has 2 rings (SSSR count). The Balaban J connectivity index is 1.92. The van der Waals surface area contributed by atoms with Crippen molar-refractivity contribution in [1.29, 1.82) is 0 Å². The summed E-state index contributed by atoms with van der Waals surface area (Å²) in [7, 11) is 2.21. The average Bonchev–Trinajstić information content (AvgIpc) is 2.59. The van der Waals surface area contributed by atoms with Crippen molar-refractivity contribution >= 4 is 17.7 Å². The minimum Gasteiger partial charge on any atom is -0.357 e. The third-order valence-corrected chi connectivity index (χ3v) is 6.68. The number of hydrogen-bond donors (Lipinski definition) is 1. The molecule has 2 fully saturated rings. The molecule has 0 aromatic heterocycles. The van der Waals surface area contributed by atoms with Crippen LogP contribution in [0.25, 0.3) is 0 Å². The van der Waals surface area contributed by atoms with Crippen LogP contribution < -0.4 is 5.32 Å². The summed E-state index contributed by atoms with van der Waals surface area (Å²) in [6.07, 6.45) is 0. The van der Waals surface area contributed by atoms with E-state index >= 15 is 0 Å². The second-order valence-electron chi connectivity index (χ2n) is 7.48. The zero-order chi connectivity index (χ0) is 17.5. The first-order valence-electron chi connectivity index (χ1n) is 9.58.